The van der Waals surface area contributed by atoms with E-state index in [2.05, 4.69) is 0 Å². The zero-order valence-corrected chi connectivity index (χ0v) is 27.0. The van der Waals surface area contributed by atoms with Gasteiger partial charge in [-0.15, -0.1) is 0 Å². The normalized spacial score (nSPS) is 15.3. The zero-order chi connectivity index (χ0) is 33.5. The van der Waals surface area contributed by atoms with E-state index in [0.29, 0.717) is 30.2 Å². The van der Waals surface area contributed by atoms with Crippen molar-refractivity contribution in [1.29, 1.82) is 0 Å². The molecule has 1 aromatic heterocycles. The van der Waals surface area contributed by atoms with Gasteiger partial charge in [0, 0.05) is 37.4 Å². The Morgan fingerprint density at radius 1 is 0.911 bits per heavy atom. The van der Waals surface area contributed by atoms with Crippen LogP contribution in [0.15, 0.2) is 42.2 Å². The van der Waals surface area contributed by atoms with Gasteiger partial charge in [0.25, 0.3) is 15.9 Å². The van der Waals surface area contributed by atoms with Gasteiger partial charge in [-0.1, -0.05) is 29.3 Å². The summed E-state index contributed by atoms with van der Waals surface area (Å²) in [7, 11) is -8.90. The summed E-state index contributed by atoms with van der Waals surface area (Å²) in [6, 6.07) is 4.50. The summed E-state index contributed by atoms with van der Waals surface area (Å²) < 4.78 is 123. The van der Waals surface area contributed by atoms with E-state index in [0.717, 1.165) is 16.7 Å². The minimum absolute atomic E-state index is 0.116. The fraction of sp³-hybridized carbons (Fsp3) is 0.370. The summed E-state index contributed by atoms with van der Waals surface area (Å²) in [5.74, 6) is -1.55. The number of hydrogen-bond donors (Lipinski definition) is 2. The van der Waals surface area contributed by atoms with Gasteiger partial charge >= 0.3 is 16.3 Å². The largest absolute Gasteiger partial charge is 0.418 e. The monoisotopic (exact) mass is 715 g/mol. The molecule has 10 nitrogen and oxygen atoms in total. The van der Waals surface area contributed by atoms with Crippen LogP contribution in [0.3, 0.4) is 0 Å². The van der Waals surface area contributed by atoms with E-state index in [1.54, 1.807) is 17.9 Å². The fourth-order valence-electron chi connectivity index (χ4n) is 5.28. The molecular formula is C27H29Cl2F4N4O6S2+. The molecule has 0 spiro atoms. The third-order valence-corrected chi connectivity index (χ3v) is 9.10. The highest BCUT2D eigenvalue weighted by molar-refractivity contribution is 7.85. The Kier molecular flexibility index (Phi) is 10.2. The van der Waals surface area contributed by atoms with Crippen molar-refractivity contribution in [2.45, 2.75) is 45.3 Å². The molecule has 0 fully saturated rings. The zero-order valence-electron chi connectivity index (χ0n) is 23.9. The molecule has 0 aliphatic carbocycles. The molecule has 45 heavy (non-hydrogen) atoms. The summed E-state index contributed by atoms with van der Waals surface area (Å²) in [6.45, 7) is 4.33. The van der Waals surface area contributed by atoms with E-state index >= 15 is 0 Å². The third-order valence-electron chi connectivity index (χ3n) is 7.11. The number of hydrogen-bond acceptors (Lipinski definition) is 6. The van der Waals surface area contributed by atoms with Crippen molar-refractivity contribution in [2.75, 3.05) is 28.6 Å². The van der Waals surface area contributed by atoms with Gasteiger partial charge in [-0.25, -0.2) is 13.5 Å². The van der Waals surface area contributed by atoms with Crippen LogP contribution in [0.4, 0.5) is 28.9 Å². The molecule has 4 rings (SSSR count). The first-order chi connectivity index (χ1) is 20.9. The van der Waals surface area contributed by atoms with E-state index in [1.165, 1.54) is 28.9 Å². The maximum Gasteiger partial charge on any atom is 0.418 e. The van der Waals surface area contributed by atoms with Crippen molar-refractivity contribution in [1.82, 2.24) is 4.57 Å². The van der Waals surface area contributed by atoms with Crippen molar-refractivity contribution in [3.8, 4) is 0 Å². The highest BCUT2D eigenvalue weighted by Crippen LogP contribution is 2.44. The number of aryl methyl sites for hydroxylation is 1. The number of alkyl halides is 3. The lowest BCUT2D eigenvalue weighted by Crippen LogP contribution is -2.40. The number of allylic oxidation sites excluding steroid dienone is 2. The van der Waals surface area contributed by atoms with Crippen molar-refractivity contribution in [3.05, 3.63) is 69.5 Å². The van der Waals surface area contributed by atoms with Crippen LogP contribution in [0.2, 0.25) is 10.0 Å². The quantitative estimate of drug-likeness (QED) is 0.105. The Labute approximate surface area is 267 Å². The van der Waals surface area contributed by atoms with Crippen molar-refractivity contribution >= 4 is 71.9 Å². The second-order valence-corrected chi connectivity index (χ2v) is 13.9. The standard InChI is InChI=1S/C27H28Cl2F4N4O6S2/c1-3-34-23-14-19(29)20(30)15-24(23)36(10-5-6-11-44(38,39)40)25(34)8-7-9-26-35(4-2)22-13-18(28)17(27(31,32)33)12-21(22)37(26)16-45(41,42)43/h7-9,12-15H,3-6,10-11,16H2,1-2H3,(H-,38,39,40,41,42,43)/p+1. The highest BCUT2D eigenvalue weighted by atomic mass is 35.5. The van der Waals surface area contributed by atoms with Gasteiger partial charge in [-0.3, -0.25) is 9.11 Å². The summed E-state index contributed by atoms with van der Waals surface area (Å²) in [5, 5.41) is -0.706. The number of halogens is 6. The molecule has 2 N–H and O–H groups in total. The van der Waals surface area contributed by atoms with Gasteiger partial charge in [0.05, 0.1) is 39.3 Å². The molecule has 0 saturated heterocycles. The van der Waals surface area contributed by atoms with Crippen LogP contribution in [0.5, 0.6) is 0 Å². The van der Waals surface area contributed by atoms with Gasteiger partial charge in [-0.2, -0.15) is 30.0 Å². The van der Waals surface area contributed by atoms with E-state index in [4.69, 9.17) is 27.8 Å². The van der Waals surface area contributed by atoms with Gasteiger partial charge in [0.15, 0.2) is 11.0 Å². The van der Waals surface area contributed by atoms with E-state index < -0.39 is 54.4 Å². The van der Waals surface area contributed by atoms with Crippen molar-refractivity contribution in [3.63, 3.8) is 0 Å². The lowest BCUT2D eigenvalue weighted by Gasteiger charge is -2.24. The van der Waals surface area contributed by atoms with Crippen LogP contribution >= 0.6 is 23.2 Å². The highest BCUT2D eigenvalue weighted by Gasteiger charge is 2.37. The summed E-state index contributed by atoms with van der Waals surface area (Å²) in [4.78, 5) is 3.54. The van der Waals surface area contributed by atoms with Crippen molar-refractivity contribution in [2.24, 2.45) is 0 Å². The molecule has 3 aromatic rings. The number of fused-ring (bicyclic) bond motifs is 2. The minimum atomic E-state index is -4.83. The first kappa shape index (κ1) is 35.0. The molecule has 1 aliphatic heterocycles. The second kappa shape index (κ2) is 13.1. The van der Waals surface area contributed by atoms with Crippen molar-refractivity contribution < 1.29 is 48.1 Å². The van der Waals surface area contributed by atoms with Gasteiger partial charge in [0.1, 0.15) is 11.6 Å². The average Bonchev–Trinajstić information content (AvgIpc) is 3.34. The molecule has 0 saturated carbocycles. The molecule has 0 radical (unpaired) electrons. The number of benzene rings is 2. The number of anilines is 2. The summed E-state index contributed by atoms with van der Waals surface area (Å²) >= 11 is 12.0. The smallest absolute Gasteiger partial charge is 0.326 e. The molecule has 0 bridgehead atoms. The molecular weight excluding hydrogens is 687 g/mol. The van der Waals surface area contributed by atoms with Gasteiger partial charge in [-0.05, 0) is 38.8 Å². The predicted octanol–water partition coefficient (Wildman–Crippen LogP) is 6.13. The van der Waals surface area contributed by atoms with E-state index in [9.17, 15) is 39.0 Å². The lowest BCUT2D eigenvalue weighted by atomic mass is 10.2. The Hall–Kier alpha value is -2.89. The molecule has 1 aliphatic rings. The maximum absolute atomic E-state index is 14.5. The molecule has 18 heteroatoms. The fourth-order valence-corrected chi connectivity index (χ4v) is 6.87. The summed E-state index contributed by atoms with van der Waals surface area (Å²) in [6.07, 6.45) is 0.156. The Bertz CT molecular complexity index is 1910. The van der Waals surface area contributed by atoms with E-state index in [-0.39, 0.29) is 41.4 Å². The van der Waals surface area contributed by atoms with Crippen LogP contribution in [0, 0.1) is 5.82 Å². The molecule has 2 heterocycles. The molecule has 0 amide bonds. The van der Waals surface area contributed by atoms with Crippen LogP contribution in [0.1, 0.15) is 38.1 Å². The van der Waals surface area contributed by atoms with Gasteiger partial charge in [0.2, 0.25) is 5.88 Å². The van der Waals surface area contributed by atoms with Crippen LogP contribution in [0.25, 0.3) is 17.1 Å². The molecule has 0 atom stereocenters. The van der Waals surface area contributed by atoms with Crippen LogP contribution < -0.4 is 14.4 Å². The molecule has 246 valence electrons. The maximum atomic E-state index is 14.5. The Balaban J connectivity index is 1.85. The number of aromatic nitrogens is 2. The average molecular weight is 717 g/mol. The Morgan fingerprint density at radius 2 is 1.58 bits per heavy atom. The SMILES string of the molecule is CCN1C(=CC=Cc2n(CC)c3cc(Cl)c(C(F)(F)F)cc3[n+]2CS(=O)(=O)O)N(CCCCS(=O)(=O)O)c2cc(F)c(Cl)cc21. The number of nitrogens with zero attached hydrogens (tertiary/aromatic N) is 4. The van der Waals surface area contributed by atoms with Gasteiger partial charge < -0.3 is 9.80 Å². The molecule has 0 unspecified atom stereocenters. The van der Waals surface area contributed by atoms with Crippen LogP contribution in [-0.4, -0.2) is 49.4 Å². The van der Waals surface area contributed by atoms with Crippen LogP contribution in [-0.2, 0) is 38.8 Å². The number of unbranched alkanes of at least 4 members (excludes halogenated alkanes) is 1. The first-order valence-corrected chi connectivity index (χ1v) is 17.5. The minimum Gasteiger partial charge on any atom is -0.326 e. The first-order valence-electron chi connectivity index (χ1n) is 13.5. The predicted molar refractivity (Wildman–Crippen MR) is 164 cm³/mol. The lowest BCUT2D eigenvalue weighted by molar-refractivity contribution is -0.654. The molecule has 2 aromatic carbocycles. The topological polar surface area (TPSA) is 124 Å². The van der Waals surface area contributed by atoms with E-state index in [1.807, 2.05) is 11.8 Å². The second-order valence-electron chi connectivity index (χ2n) is 10.1. The Morgan fingerprint density at radius 3 is 2.16 bits per heavy atom. The third kappa shape index (κ3) is 7.74. The summed E-state index contributed by atoms with van der Waals surface area (Å²) in [5.41, 5.74) is -0.0991. The number of rotatable bonds is 11. The number of imidazole rings is 1.